The molecule has 1 fully saturated rings. The highest BCUT2D eigenvalue weighted by Crippen LogP contribution is 2.23. The van der Waals surface area contributed by atoms with Crippen molar-refractivity contribution in [2.75, 3.05) is 0 Å². The van der Waals surface area contributed by atoms with Gasteiger partial charge in [0.1, 0.15) is 0 Å². The number of amides is 2. The molecule has 3 heteroatoms. The third kappa shape index (κ3) is 4.54. The zero-order valence-electron chi connectivity index (χ0n) is 10.2. The summed E-state index contributed by atoms with van der Waals surface area (Å²) in [7, 11) is 0. The van der Waals surface area contributed by atoms with Crippen molar-refractivity contribution in [3.05, 3.63) is 0 Å². The number of urea groups is 1. The molecule has 15 heavy (non-hydrogen) atoms. The summed E-state index contributed by atoms with van der Waals surface area (Å²) in [5, 5.41) is 5.99. The maximum Gasteiger partial charge on any atom is 0.315 e. The number of carbonyl (C=O) groups excluding carboxylic acids is 1. The lowest BCUT2D eigenvalue weighted by molar-refractivity contribution is 0.225. The van der Waals surface area contributed by atoms with Crippen LogP contribution in [-0.4, -0.2) is 18.1 Å². The Labute approximate surface area is 93.0 Å². The van der Waals surface area contributed by atoms with Gasteiger partial charge in [-0.15, -0.1) is 0 Å². The number of hydrogen-bond donors (Lipinski definition) is 2. The van der Waals surface area contributed by atoms with Gasteiger partial charge in [0, 0.05) is 12.1 Å². The zero-order valence-corrected chi connectivity index (χ0v) is 10.2. The van der Waals surface area contributed by atoms with Gasteiger partial charge in [-0.1, -0.05) is 13.8 Å². The van der Waals surface area contributed by atoms with Gasteiger partial charge in [-0.3, -0.25) is 0 Å². The molecule has 1 aliphatic carbocycles. The van der Waals surface area contributed by atoms with Crippen LogP contribution < -0.4 is 10.6 Å². The van der Waals surface area contributed by atoms with E-state index in [1.807, 2.05) is 6.92 Å². The van der Waals surface area contributed by atoms with Crippen molar-refractivity contribution in [3.63, 3.8) is 0 Å². The SMILES string of the molecule is CC[C@H](C)NC(=O)NC1CCC(C)CC1. The Morgan fingerprint density at radius 3 is 2.47 bits per heavy atom. The fraction of sp³-hybridized carbons (Fsp3) is 0.917. The lowest BCUT2D eigenvalue weighted by Gasteiger charge is -2.27. The summed E-state index contributed by atoms with van der Waals surface area (Å²) in [6, 6.07) is 0.668. The second-order valence-corrected chi connectivity index (χ2v) is 4.88. The van der Waals surface area contributed by atoms with Crippen LogP contribution in [0.1, 0.15) is 52.9 Å². The minimum atomic E-state index is 0.00361. The van der Waals surface area contributed by atoms with Crippen LogP contribution in [0.25, 0.3) is 0 Å². The lowest BCUT2D eigenvalue weighted by Crippen LogP contribution is -2.46. The molecular weight excluding hydrogens is 188 g/mol. The normalized spacial score (nSPS) is 28.2. The molecule has 1 rings (SSSR count). The fourth-order valence-corrected chi connectivity index (χ4v) is 1.96. The average molecular weight is 212 g/mol. The van der Waals surface area contributed by atoms with E-state index < -0.39 is 0 Å². The predicted molar refractivity (Wildman–Crippen MR) is 62.8 cm³/mol. The number of rotatable bonds is 3. The van der Waals surface area contributed by atoms with Crippen molar-refractivity contribution in [2.24, 2.45) is 5.92 Å². The quantitative estimate of drug-likeness (QED) is 0.742. The van der Waals surface area contributed by atoms with Gasteiger partial charge in [0.05, 0.1) is 0 Å². The first-order chi connectivity index (χ1) is 7.11. The zero-order chi connectivity index (χ0) is 11.3. The minimum Gasteiger partial charge on any atom is -0.336 e. The van der Waals surface area contributed by atoms with E-state index in [2.05, 4.69) is 24.5 Å². The highest BCUT2D eigenvalue weighted by molar-refractivity contribution is 5.74. The molecule has 0 saturated heterocycles. The molecule has 1 saturated carbocycles. The summed E-state index contributed by atoms with van der Waals surface area (Å²) in [5.41, 5.74) is 0. The standard InChI is InChI=1S/C12H24N2O/c1-4-10(3)13-12(15)14-11-7-5-9(2)6-8-11/h9-11H,4-8H2,1-3H3,(H2,13,14,15)/t9?,10-,11?/m0/s1. The van der Waals surface area contributed by atoms with E-state index in [1.165, 1.54) is 12.8 Å². The van der Waals surface area contributed by atoms with Crippen LogP contribution in [0.3, 0.4) is 0 Å². The molecule has 2 N–H and O–H groups in total. The van der Waals surface area contributed by atoms with Crippen LogP contribution >= 0.6 is 0 Å². The molecule has 0 aromatic rings. The number of hydrogen-bond acceptors (Lipinski definition) is 1. The molecule has 1 aliphatic rings. The highest BCUT2D eigenvalue weighted by atomic mass is 16.2. The third-order valence-corrected chi connectivity index (χ3v) is 3.34. The van der Waals surface area contributed by atoms with E-state index in [0.29, 0.717) is 6.04 Å². The highest BCUT2D eigenvalue weighted by Gasteiger charge is 2.19. The number of nitrogens with one attached hydrogen (secondary N) is 2. The lowest BCUT2D eigenvalue weighted by atomic mass is 9.87. The van der Waals surface area contributed by atoms with Crippen molar-refractivity contribution in [1.82, 2.24) is 10.6 Å². The molecule has 0 spiro atoms. The van der Waals surface area contributed by atoms with E-state index in [-0.39, 0.29) is 12.1 Å². The van der Waals surface area contributed by atoms with Gasteiger partial charge in [-0.25, -0.2) is 4.79 Å². The van der Waals surface area contributed by atoms with E-state index in [0.717, 1.165) is 25.2 Å². The van der Waals surface area contributed by atoms with Gasteiger partial charge >= 0.3 is 6.03 Å². The summed E-state index contributed by atoms with van der Waals surface area (Å²) >= 11 is 0. The molecule has 0 heterocycles. The Kier molecular flexibility index (Phi) is 4.92. The van der Waals surface area contributed by atoms with Crippen LogP contribution in [0.15, 0.2) is 0 Å². The topological polar surface area (TPSA) is 41.1 Å². The van der Waals surface area contributed by atoms with Crippen molar-refractivity contribution < 1.29 is 4.79 Å². The molecule has 88 valence electrons. The Morgan fingerprint density at radius 2 is 1.93 bits per heavy atom. The first kappa shape index (κ1) is 12.3. The third-order valence-electron chi connectivity index (χ3n) is 3.34. The molecule has 2 amide bonds. The molecule has 0 unspecified atom stereocenters. The first-order valence-corrected chi connectivity index (χ1v) is 6.18. The Morgan fingerprint density at radius 1 is 1.33 bits per heavy atom. The molecule has 0 bridgehead atoms. The maximum absolute atomic E-state index is 11.5. The van der Waals surface area contributed by atoms with Gasteiger partial charge in [0.2, 0.25) is 0 Å². The van der Waals surface area contributed by atoms with Crippen LogP contribution in [0.5, 0.6) is 0 Å². The second kappa shape index (κ2) is 5.99. The van der Waals surface area contributed by atoms with Crippen molar-refractivity contribution in [2.45, 2.75) is 65.0 Å². The van der Waals surface area contributed by atoms with Gasteiger partial charge in [0.25, 0.3) is 0 Å². The van der Waals surface area contributed by atoms with E-state index in [1.54, 1.807) is 0 Å². The van der Waals surface area contributed by atoms with Crippen molar-refractivity contribution >= 4 is 6.03 Å². The van der Waals surface area contributed by atoms with Crippen LogP contribution in [-0.2, 0) is 0 Å². The molecule has 1 atom stereocenters. The van der Waals surface area contributed by atoms with Crippen LogP contribution in [0.2, 0.25) is 0 Å². The summed E-state index contributed by atoms with van der Waals surface area (Å²) in [5.74, 6) is 0.834. The molecular formula is C12H24N2O. The van der Waals surface area contributed by atoms with Gasteiger partial charge in [-0.2, -0.15) is 0 Å². The predicted octanol–water partition coefficient (Wildman–Crippen LogP) is 2.66. The van der Waals surface area contributed by atoms with Crippen molar-refractivity contribution in [3.8, 4) is 0 Å². The van der Waals surface area contributed by atoms with Gasteiger partial charge in [0.15, 0.2) is 0 Å². The summed E-state index contributed by atoms with van der Waals surface area (Å²) in [6.45, 7) is 6.39. The molecule has 0 aromatic carbocycles. The molecule has 0 aromatic heterocycles. The monoisotopic (exact) mass is 212 g/mol. The second-order valence-electron chi connectivity index (χ2n) is 4.88. The Hall–Kier alpha value is -0.730. The largest absolute Gasteiger partial charge is 0.336 e. The number of carbonyl (C=O) groups is 1. The smallest absolute Gasteiger partial charge is 0.315 e. The van der Waals surface area contributed by atoms with E-state index >= 15 is 0 Å². The fourth-order valence-electron chi connectivity index (χ4n) is 1.96. The molecule has 0 radical (unpaired) electrons. The van der Waals surface area contributed by atoms with Gasteiger partial charge in [-0.05, 0) is 44.9 Å². The molecule has 3 nitrogen and oxygen atoms in total. The van der Waals surface area contributed by atoms with Crippen LogP contribution in [0, 0.1) is 5.92 Å². The minimum absolute atomic E-state index is 0.00361. The first-order valence-electron chi connectivity index (χ1n) is 6.18. The average Bonchev–Trinajstić information content (AvgIpc) is 2.21. The van der Waals surface area contributed by atoms with Crippen LogP contribution in [0.4, 0.5) is 4.79 Å². The van der Waals surface area contributed by atoms with E-state index in [9.17, 15) is 4.79 Å². The Bertz CT molecular complexity index is 198. The maximum atomic E-state index is 11.5. The summed E-state index contributed by atoms with van der Waals surface area (Å²) in [4.78, 5) is 11.5. The summed E-state index contributed by atoms with van der Waals surface area (Å²) in [6.07, 6.45) is 5.74. The van der Waals surface area contributed by atoms with E-state index in [4.69, 9.17) is 0 Å². The molecule has 0 aliphatic heterocycles. The van der Waals surface area contributed by atoms with Crippen molar-refractivity contribution in [1.29, 1.82) is 0 Å². The summed E-state index contributed by atoms with van der Waals surface area (Å²) < 4.78 is 0. The van der Waals surface area contributed by atoms with Gasteiger partial charge < -0.3 is 10.6 Å². The Balaban J connectivity index is 2.20.